The zero-order chi connectivity index (χ0) is 18.6. The first-order chi connectivity index (χ1) is 12.5. The summed E-state index contributed by atoms with van der Waals surface area (Å²) in [6.45, 7) is 1.65. The van der Waals surface area contributed by atoms with Gasteiger partial charge in [0.1, 0.15) is 5.60 Å². The van der Waals surface area contributed by atoms with Crippen LogP contribution in [0.25, 0.3) is 10.1 Å². The molecule has 5 nitrogen and oxygen atoms in total. The topological polar surface area (TPSA) is 67.8 Å². The van der Waals surface area contributed by atoms with E-state index in [0.717, 1.165) is 15.0 Å². The van der Waals surface area contributed by atoms with Crippen LogP contribution in [-0.4, -0.2) is 31.3 Å². The lowest BCUT2D eigenvalue weighted by Crippen LogP contribution is -2.40. The number of amides is 1. The maximum atomic E-state index is 12.1. The second-order valence-corrected chi connectivity index (χ2v) is 7.22. The van der Waals surface area contributed by atoms with E-state index in [1.54, 1.807) is 26.2 Å². The number of methoxy groups -OCH3 is 1. The fourth-order valence-corrected chi connectivity index (χ4v) is 3.64. The fourth-order valence-electron chi connectivity index (χ4n) is 2.54. The number of thiophene rings is 1. The Morgan fingerprint density at radius 3 is 2.58 bits per heavy atom. The normalized spacial score (nSPS) is 13.2. The molecule has 0 aliphatic carbocycles. The molecule has 2 N–H and O–H groups in total. The third kappa shape index (κ3) is 4.15. The molecule has 0 radical (unpaired) electrons. The minimum Gasteiger partial charge on any atom is -0.493 e. The molecule has 1 atom stereocenters. The molecule has 2 aromatic carbocycles. The standard InChI is InChI=1S/C20H21NO4S/c1-20(23,18-11-14-7-3-6-10-17(14)26-18)13-21-19(22)12-25-16-9-5-4-8-15(16)24-2/h3-11,23H,12-13H2,1-2H3,(H,21,22). The van der Waals surface area contributed by atoms with Gasteiger partial charge in [0.25, 0.3) is 5.91 Å². The van der Waals surface area contributed by atoms with E-state index in [1.807, 2.05) is 42.5 Å². The van der Waals surface area contributed by atoms with Crippen molar-refractivity contribution in [1.29, 1.82) is 0 Å². The highest BCUT2D eigenvalue weighted by Gasteiger charge is 2.26. The largest absolute Gasteiger partial charge is 0.493 e. The molecular formula is C20H21NO4S. The maximum Gasteiger partial charge on any atom is 0.258 e. The van der Waals surface area contributed by atoms with Crippen molar-refractivity contribution >= 4 is 27.3 Å². The molecule has 0 saturated heterocycles. The number of hydrogen-bond donors (Lipinski definition) is 2. The van der Waals surface area contributed by atoms with Crippen LogP contribution < -0.4 is 14.8 Å². The predicted molar refractivity (Wildman–Crippen MR) is 103 cm³/mol. The number of hydrogen-bond acceptors (Lipinski definition) is 5. The molecule has 6 heteroatoms. The van der Waals surface area contributed by atoms with E-state index >= 15 is 0 Å². The summed E-state index contributed by atoms with van der Waals surface area (Å²) in [6, 6.07) is 17.0. The number of carbonyl (C=O) groups excluding carboxylic acids is 1. The monoisotopic (exact) mass is 371 g/mol. The summed E-state index contributed by atoms with van der Waals surface area (Å²) < 4.78 is 11.8. The molecule has 136 valence electrons. The second kappa shape index (κ2) is 7.76. The van der Waals surface area contributed by atoms with E-state index in [2.05, 4.69) is 5.32 Å². The summed E-state index contributed by atoms with van der Waals surface area (Å²) >= 11 is 1.52. The average Bonchev–Trinajstić information content (AvgIpc) is 3.10. The molecule has 0 bridgehead atoms. The number of fused-ring (bicyclic) bond motifs is 1. The zero-order valence-corrected chi connectivity index (χ0v) is 15.5. The first-order valence-corrected chi connectivity index (χ1v) is 9.05. The third-order valence-corrected chi connectivity index (χ3v) is 5.38. The van der Waals surface area contributed by atoms with E-state index in [1.165, 1.54) is 11.3 Å². The smallest absolute Gasteiger partial charge is 0.258 e. The van der Waals surface area contributed by atoms with Gasteiger partial charge in [-0.3, -0.25) is 4.79 Å². The van der Waals surface area contributed by atoms with E-state index < -0.39 is 5.60 Å². The summed E-state index contributed by atoms with van der Waals surface area (Å²) in [4.78, 5) is 12.9. The highest BCUT2D eigenvalue weighted by atomic mass is 32.1. The maximum absolute atomic E-state index is 12.1. The summed E-state index contributed by atoms with van der Waals surface area (Å²) in [5.74, 6) is 0.760. The van der Waals surface area contributed by atoms with Crippen molar-refractivity contribution < 1.29 is 19.4 Å². The molecule has 26 heavy (non-hydrogen) atoms. The number of para-hydroxylation sites is 2. The van der Waals surface area contributed by atoms with Gasteiger partial charge in [-0.05, 0) is 36.6 Å². The van der Waals surface area contributed by atoms with Gasteiger partial charge in [0.2, 0.25) is 0 Å². The minimum atomic E-state index is -1.15. The molecule has 1 heterocycles. The summed E-state index contributed by atoms with van der Waals surface area (Å²) in [5.41, 5.74) is -1.15. The Morgan fingerprint density at radius 1 is 1.15 bits per heavy atom. The van der Waals surface area contributed by atoms with Crippen molar-refractivity contribution in [1.82, 2.24) is 5.32 Å². The molecule has 3 rings (SSSR count). The molecule has 0 saturated carbocycles. The number of ether oxygens (including phenoxy) is 2. The van der Waals surface area contributed by atoms with Gasteiger partial charge in [0, 0.05) is 9.58 Å². The lowest BCUT2D eigenvalue weighted by Gasteiger charge is -2.22. The first kappa shape index (κ1) is 18.2. The Bertz CT molecular complexity index is 870. The number of benzene rings is 2. The highest BCUT2D eigenvalue weighted by Crippen LogP contribution is 2.32. The van der Waals surface area contributed by atoms with Gasteiger partial charge in [-0.25, -0.2) is 0 Å². The molecule has 0 aliphatic heterocycles. The molecule has 0 fully saturated rings. The van der Waals surface area contributed by atoms with E-state index in [4.69, 9.17) is 9.47 Å². The average molecular weight is 371 g/mol. The van der Waals surface area contributed by atoms with Gasteiger partial charge in [0.05, 0.1) is 13.7 Å². The number of carbonyl (C=O) groups is 1. The molecule has 3 aromatic rings. The molecule has 1 aromatic heterocycles. The van der Waals surface area contributed by atoms with Crippen molar-refractivity contribution in [3.63, 3.8) is 0 Å². The van der Waals surface area contributed by atoms with Crippen LogP contribution in [0.2, 0.25) is 0 Å². The van der Waals surface area contributed by atoms with Gasteiger partial charge in [0.15, 0.2) is 18.1 Å². The van der Waals surface area contributed by atoms with Crippen molar-refractivity contribution in [2.45, 2.75) is 12.5 Å². The van der Waals surface area contributed by atoms with E-state index in [9.17, 15) is 9.90 Å². The van der Waals surface area contributed by atoms with Crippen molar-refractivity contribution in [3.05, 3.63) is 59.5 Å². The van der Waals surface area contributed by atoms with Crippen LogP contribution in [0.5, 0.6) is 11.5 Å². The van der Waals surface area contributed by atoms with Crippen LogP contribution in [0.3, 0.4) is 0 Å². The lowest BCUT2D eigenvalue weighted by molar-refractivity contribution is -0.124. The van der Waals surface area contributed by atoms with Crippen molar-refractivity contribution in [2.24, 2.45) is 0 Å². The van der Waals surface area contributed by atoms with Crippen LogP contribution in [0.15, 0.2) is 54.6 Å². The van der Waals surface area contributed by atoms with Gasteiger partial charge >= 0.3 is 0 Å². The quantitative estimate of drug-likeness (QED) is 0.669. The Hall–Kier alpha value is -2.57. The zero-order valence-electron chi connectivity index (χ0n) is 14.7. The van der Waals surface area contributed by atoms with Gasteiger partial charge in [-0.15, -0.1) is 11.3 Å². The Balaban J connectivity index is 1.57. The Kier molecular flexibility index (Phi) is 5.44. The SMILES string of the molecule is COc1ccccc1OCC(=O)NCC(C)(O)c1cc2ccccc2s1. The van der Waals surface area contributed by atoms with Crippen LogP contribution in [0, 0.1) is 0 Å². The first-order valence-electron chi connectivity index (χ1n) is 8.23. The Labute approximate surface area is 156 Å². The van der Waals surface area contributed by atoms with Crippen molar-refractivity contribution in [3.8, 4) is 11.5 Å². The summed E-state index contributed by atoms with van der Waals surface area (Å²) in [7, 11) is 1.55. The summed E-state index contributed by atoms with van der Waals surface area (Å²) in [6.07, 6.45) is 0. The fraction of sp³-hybridized carbons (Fsp3) is 0.250. The molecular weight excluding hydrogens is 350 g/mol. The molecule has 1 amide bonds. The van der Waals surface area contributed by atoms with Gasteiger partial charge in [-0.1, -0.05) is 30.3 Å². The highest BCUT2D eigenvalue weighted by molar-refractivity contribution is 7.19. The van der Waals surface area contributed by atoms with Gasteiger partial charge < -0.3 is 19.9 Å². The second-order valence-electron chi connectivity index (χ2n) is 6.14. The number of aliphatic hydroxyl groups is 1. The van der Waals surface area contributed by atoms with Crippen LogP contribution in [-0.2, 0) is 10.4 Å². The molecule has 0 spiro atoms. The van der Waals surface area contributed by atoms with E-state index in [-0.39, 0.29) is 19.1 Å². The van der Waals surface area contributed by atoms with Crippen LogP contribution >= 0.6 is 11.3 Å². The molecule has 1 unspecified atom stereocenters. The molecule has 0 aliphatic rings. The lowest BCUT2D eigenvalue weighted by atomic mass is 10.0. The number of rotatable bonds is 7. The van der Waals surface area contributed by atoms with Gasteiger partial charge in [-0.2, -0.15) is 0 Å². The van der Waals surface area contributed by atoms with Crippen molar-refractivity contribution in [2.75, 3.05) is 20.3 Å². The van der Waals surface area contributed by atoms with E-state index in [0.29, 0.717) is 11.5 Å². The minimum absolute atomic E-state index is 0.105. The summed E-state index contributed by atoms with van der Waals surface area (Å²) in [5, 5.41) is 14.5. The predicted octanol–water partition coefficient (Wildman–Crippen LogP) is 3.31. The Morgan fingerprint density at radius 2 is 1.85 bits per heavy atom. The van der Waals surface area contributed by atoms with Crippen LogP contribution in [0.1, 0.15) is 11.8 Å². The third-order valence-electron chi connectivity index (χ3n) is 4.01. The van der Waals surface area contributed by atoms with Crippen LogP contribution in [0.4, 0.5) is 0 Å². The number of nitrogens with one attached hydrogen (secondary N) is 1.